The summed E-state index contributed by atoms with van der Waals surface area (Å²) < 4.78 is 25.0. The third-order valence-corrected chi connectivity index (χ3v) is 7.66. The Morgan fingerprint density at radius 1 is 1.08 bits per heavy atom. The van der Waals surface area contributed by atoms with Gasteiger partial charge in [-0.15, -0.1) is 0 Å². The highest BCUT2D eigenvalue weighted by Crippen LogP contribution is 2.35. The van der Waals surface area contributed by atoms with Gasteiger partial charge in [0.05, 0.1) is 24.2 Å². The van der Waals surface area contributed by atoms with Gasteiger partial charge in [-0.25, -0.2) is 4.98 Å². The summed E-state index contributed by atoms with van der Waals surface area (Å²) in [7, 11) is 1.60. The zero-order valence-corrected chi connectivity index (χ0v) is 23.1. The second-order valence-electron chi connectivity index (χ2n) is 9.68. The van der Waals surface area contributed by atoms with Crippen molar-refractivity contribution in [3.8, 4) is 23.0 Å². The fraction of sp³-hybridized carbons (Fsp3) is 0.300. The predicted molar refractivity (Wildman–Crippen MR) is 152 cm³/mol. The van der Waals surface area contributed by atoms with Crippen LogP contribution in [0.1, 0.15) is 55.0 Å². The van der Waals surface area contributed by atoms with E-state index in [1.807, 2.05) is 48.5 Å². The lowest BCUT2D eigenvalue weighted by Crippen LogP contribution is -2.25. The maximum atomic E-state index is 13.7. The Kier molecular flexibility index (Phi) is 7.24. The van der Waals surface area contributed by atoms with Crippen LogP contribution in [0.4, 0.5) is 0 Å². The molecule has 0 unspecified atom stereocenters. The number of ether oxygens (including phenoxy) is 4. The third-order valence-electron chi connectivity index (χ3n) is 7.17. The molecule has 0 spiro atoms. The Labute approximate surface area is 234 Å². The van der Waals surface area contributed by atoms with Gasteiger partial charge in [-0.1, -0.05) is 47.3 Å². The molecule has 0 bridgehead atoms. The molecular weight excluding hydrogens is 562 g/mol. The first-order chi connectivity index (χ1) is 19.1. The van der Waals surface area contributed by atoms with Gasteiger partial charge in [0.25, 0.3) is 5.56 Å². The number of fused-ring (bicyclic) bond motifs is 2. The van der Waals surface area contributed by atoms with Gasteiger partial charge in [-0.05, 0) is 60.9 Å². The highest BCUT2D eigenvalue weighted by molar-refractivity contribution is 9.10. The minimum Gasteiger partial charge on any atom is -0.493 e. The lowest BCUT2D eigenvalue weighted by Gasteiger charge is -2.22. The Bertz CT molecular complexity index is 1610. The number of benzene rings is 3. The van der Waals surface area contributed by atoms with E-state index in [4.69, 9.17) is 29.0 Å². The molecule has 0 saturated heterocycles. The minimum absolute atomic E-state index is 0.184. The van der Waals surface area contributed by atoms with Gasteiger partial charge in [-0.2, -0.15) is 9.78 Å². The molecule has 2 heterocycles. The number of halogens is 1. The molecule has 3 aromatic carbocycles. The number of para-hydroxylation sites is 1. The van der Waals surface area contributed by atoms with E-state index >= 15 is 0 Å². The molecule has 4 aromatic rings. The van der Waals surface area contributed by atoms with E-state index in [0.717, 1.165) is 41.5 Å². The number of hydrogen-bond acceptors (Lipinski definition) is 7. The molecule has 8 nitrogen and oxygen atoms in total. The van der Waals surface area contributed by atoms with Crippen LogP contribution in [0.5, 0.6) is 23.0 Å². The van der Waals surface area contributed by atoms with Crippen molar-refractivity contribution in [2.45, 2.75) is 44.6 Å². The fourth-order valence-electron chi connectivity index (χ4n) is 5.16. The van der Waals surface area contributed by atoms with Crippen molar-refractivity contribution in [3.63, 3.8) is 0 Å². The molecule has 0 radical (unpaired) electrons. The molecule has 1 aliphatic heterocycles. The normalized spacial score (nSPS) is 15.2. The summed E-state index contributed by atoms with van der Waals surface area (Å²) in [5.41, 5.74) is 2.10. The minimum atomic E-state index is -0.191. The summed E-state index contributed by atoms with van der Waals surface area (Å²) in [6.07, 6.45) is 7.09. The van der Waals surface area contributed by atoms with Gasteiger partial charge in [0.15, 0.2) is 23.0 Å². The van der Waals surface area contributed by atoms with Gasteiger partial charge in [0.2, 0.25) is 6.79 Å². The van der Waals surface area contributed by atoms with Crippen LogP contribution in [0.3, 0.4) is 0 Å². The molecule has 0 atom stereocenters. The predicted octanol–water partition coefficient (Wildman–Crippen LogP) is 6.41. The molecule has 9 heteroatoms. The quantitative estimate of drug-likeness (QED) is 0.232. The van der Waals surface area contributed by atoms with Crippen LogP contribution in [0, 0.1) is 0 Å². The van der Waals surface area contributed by atoms with Crippen molar-refractivity contribution >= 4 is 33.0 Å². The van der Waals surface area contributed by atoms with Crippen LogP contribution in [-0.4, -0.2) is 29.8 Å². The fourth-order valence-corrected chi connectivity index (χ4v) is 5.52. The lowest BCUT2D eigenvalue weighted by molar-refractivity contribution is 0.174. The second-order valence-corrected chi connectivity index (χ2v) is 10.6. The summed E-state index contributed by atoms with van der Waals surface area (Å²) in [6, 6.07) is 16.9. The van der Waals surface area contributed by atoms with Crippen molar-refractivity contribution in [1.82, 2.24) is 9.66 Å². The molecule has 0 amide bonds. The Balaban J connectivity index is 1.37. The Morgan fingerprint density at radius 2 is 1.92 bits per heavy atom. The van der Waals surface area contributed by atoms with Gasteiger partial charge in [0.1, 0.15) is 12.4 Å². The van der Waals surface area contributed by atoms with Gasteiger partial charge < -0.3 is 18.9 Å². The third kappa shape index (κ3) is 5.23. The van der Waals surface area contributed by atoms with Crippen molar-refractivity contribution < 1.29 is 18.9 Å². The highest BCUT2D eigenvalue weighted by Gasteiger charge is 2.23. The number of hydrogen-bond donors (Lipinski definition) is 0. The van der Waals surface area contributed by atoms with Crippen molar-refractivity contribution in [2.24, 2.45) is 5.10 Å². The molecule has 39 heavy (non-hydrogen) atoms. The van der Waals surface area contributed by atoms with Crippen molar-refractivity contribution in [2.75, 3.05) is 13.9 Å². The molecule has 6 rings (SSSR count). The monoisotopic (exact) mass is 589 g/mol. The standard InChI is InChI=1S/C30H28BrN3O5/c1-36-26-9-5-8-21(28(26)37-17-19-10-13-25-27(14-19)39-18-38-25)16-32-34-29(20-6-3-2-4-7-20)33-24-12-11-22(31)15-23(24)30(34)35/h5,8-16,20H,2-4,6-7,17-18H2,1H3. The molecule has 0 N–H and O–H groups in total. The topological polar surface area (TPSA) is 84.2 Å². The number of aromatic nitrogens is 2. The van der Waals surface area contributed by atoms with Crippen LogP contribution < -0.4 is 24.5 Å². The van der Waals surface area contributed by atoms with Crippen LogP contribution >= 0.6 is 15.9 Å². The highest BCUT2D eigenvalue weighted by atomic mass is 79.9. The number of rotatable bonds is 7. The van der Waals surface area contributed by atoms with Crippen LogP contribution in [0.15, 0.2) is 69.0 Å². The van der Waals surface area contributed by atoms with E-state index in [-0.39, 0.29) is 24.9 Å². The molecule has 1 fully saturated rings. The molecular formula is C30H28BrN3O5. The van der Waals surface area contributed by atoms with E-state index in [1.165, 1.54) is 11.1 Å². The number of nitrogens with zero attached hydrogens (tertiary/aromatic N) is 3. The average Bonchev–Trinajstić information content (AvgIpc) is 3.44. The first-order valence-corrected chi connectivity index (χ1v) is 13.8. The van der Waals surface area contributed by atoms with Crippen LogP contribution in [0.25, 0.3) is 10.9 Å². The average molecular weight is 590 g/mol. The first kappa shape index (κ1) is 25.4. The van der Waals surface area contributed by atoms with E-state index in [1.54, 1.807) is 19.4 Å². The summed E-state index contributed by atoms with van der Waals surface area (Å²) >= 11 is 3.48. The maximum Gasteiger partial charge on any atom is 0.282 e. The van der Waals surface area contributed by atoms with Crippen LogP contribution in [-0.2, 0) is 6.61 Å². The zero-order chi connectivity index (χ0) is 26.8. The van der Waals surface area contributed by atoms with Gasteiger partial charge >= 0.3 is 0 Å². The van der Waals surface area contributed by atoms with Crippen molar-refractivity contribution in [1.29, 1.82) is 0 Å². The first-order valence-electron chi connectivity index (χ1n) is 13.1. The van der Waals surface area contributed by atoms with E-state index in [0.29, 0.717) is 39.5 Å². The largest absolute Gasteiger partial charge is 0.493 e. The summed E-state index contributed by atoms with van der Waals surface area (Å²) in [6.45, 7) is 0.506. The summed E-state index contributed by atoms with van der Waals surface area (Å²) in [5.74, 6) is 3.41. The Morgan fingerprint density at radius 3 is 2.77 bits per heavy atom. The smallest absolute Gasteiger partial charge is 0.282 e. The zero-order valence-electron chi connectivity index (χ0n) is 21.6. The molecule has 1 aromatic heterocycles. The summed E-state index contributed by atoms with van der Waals surface area (Å²) in [5, 5.41) is 5.22. The second kappa shape index (κ2) is 11.1. The SMILES string of the molecule is COc1cccc(C=Nn2c(C3CCCCC3)nc3ccc(Br)cc3c2=O)c1OCc1ccc2c(c1)OCO2. The molecule has 1 saturated carbocycles. The summed E-state index contributed by atoms with van der Waals surface area (Å²) in [4.78, 5) is 18.6. The van der Waals surface area contributed by atoms with Crippen molar-refractivity contribution in [3.05, 3.63) is 86.4 Å². The Hall–Kier alpha value is -3.85. The van der Waals surface area contributed by atoms with Crippen LogP contribution in [0.2, 0.25) is 0 Å². The maximum absolute atomic E-state index is 13.7. The van der Waals surface area contributed by atoms with E-state index in [9.17, 15) is 4.79 Å². The van der Waals surface area contributed by atoms with Gasteiger partial charge in [-0.3, -0.25) is 4.79 Å². The van der Waals surface area contributed by atoms with Gasteiger partial charge in [0, 0.05) is 16.0 Å². The molecule has 200 valence electrons. The van der Waals surface area contributed by atoms with E-state index in [2.05, 4.69) is 15.9 Å². The van der Waals surface area contributed by atoms with E-state index < -0.39 is 0 Å². The number of methoxy groups -OCH3 is 1. The lowest BCUT2D eigenvalue weighted by atomic mass is 9.88. The molecule has 2 aliphatic rings. The molecule has 1 aliphatic carbocycles.